The lowest BCUT2D eigenvalue weighted by Crippen LogP contribution is -2.63. The van der Waals surface area contributed by atoms with Crippen LogP contribution in [-0.2, 0) is 11.2 Å². The van der Waals surface area contributed by atoms with E-state index in [-0.39, 0.29) is 23.3 Å². The number of carbonyl (C=O) groups excluding carboxylic acids is 2. The number of amides is 3. The Balaban J connectivity index is 1.57. The molecule has 3 amide bonds. The zero-order valence-electron chi connectivity index (χ0n) is 16.2. The molecule has 1 aromatic rings. The van der Waals surface area contributed by atoms with Crippen LogP contribution in [0.4, 0.5) is 9.18 Å². The molecule has 0 aliphatic carbocycles. The highest BCUT2D eigenvalue weighted by atomic mass is 19.1. The fraction of sp³-hybridized carbons (Fsp3) is 0.600. The third-order valence-corrected chi connectivity index (χ3v) is 6.06. The van der Waals surface area contributed by atoms with Gasteiger partial charge in [-0.05, 0) is 37.9 Å². The number of nitrogens with zero attached hydrogens (tertiary/aromatic N) is 3. The van der Waals surface area contributed by atoms with Gasteiger partial charge < -0.3 is 15.1 Å². The molecule has 2 aliphatic rings. The molecule has 1 atom stereocenters. The molecule has 2 heterocycles. The van der Waals surface area contributed by atoms with Crippen molar-refractivity contribution in [2.75, 3.05) is 46.8 Å². The van der Waals surface area contributed by atoms with Crippen LogP contribution in [0.15, 0.2) is 24.3 Å². The van der Waals surface area contributed by atoms with Crippen molar-refractivity contribution in [3.63, 3.8) is 0 Å². The zero-order valence-corrected chi connectivity index (χ0v) is 16.2. The average molecular weight is 376 g/mol. The summed E-state index contributed by atoms with van der Waals surface area (Å²) in [6.45, 7) is 3.19. The molecule has 1 N–H and O–H groups in total. The van der Waals surface area contributed by atoms with Crippen molar-refractivity contribution >= 4 is 11.9 Å². The zero-order chi connectivity index (χ0) is 19.4. The Hall–Kier alpha value is -2.15. The minimum absolute atomic E-state index is 0.109. The summed E-state index contributed by atoms with van der Waals surface area (Å²) in [6, 6.07) is 6.53. The van der Waals surface area contributed by atoms with Gasteiger partial charge in [0.2, 0.25) is 5.91 Å². The van der Waals surface area contributed by atoms with Crippen LogP contribution in [0.5, 0.6) is 0 Å². The molecule has 7 heteroatoms. The fourth-order valence-corrected chi connectivity index (χ4v) is 4.05. The maximum atomic E-state index is 13.7. The van der Waals surface area contributed by atoms with E-state index in [0.717, 1.165) is 19.4 Å². The second-order valence-corrected chi connectivity index (χ2v) is 7.71. The van der Waals surface area contributed by atoms with Gasteiger partial charge in [-0.25, -0.2) is 9.18 Å². The van der Waals surface area contributed by atoms with Crippen molar-refractivity contribution in [3.8, 4) is 0 Å². The van der Waals surface area contributed by atoms with Crippen LogP contribution in [0.25, 0.3) is 0 Å². The van der Waals surface area contributed by atoms with E-state index in [1.54, 1.807) is 23.1 Å². The van der Waals surface area contributed by atoms with E-state index in [2.05, 4.69) is 17.3 Å². The van der Waals surface area contributed by atoms with Crippen molar-refractivity contribution in [2.24, 2.45) is 0 Å². The lowest BCUT2D eigenvalue weighted by Gasteiger charge is -2.49. The van der Waals surface area contributed by atoms with E-state index in [1.165, 1.54) is 6.07 Å². The quantitative estimate of drug-likeness (QED) is 0.874. The van der Waals surface area contributed by atoms with Crippen LogP contribution in [0.3, 0.4) is 0 Å². The summed E-state index contributed by atoms with van der Waals surface area (Å²) in [5.74, 6) is -0.0655. The minimum atomic E-state index is -0.238. The number of hydrogen-bond acceptors (Lipinski definition) is 3. The smallest absolute Gasteiger partial charge is 0.317 e. The van der Waals surface area contributed by atoms with Gasteiger partial charge in [-0.15, -0.1) is 0 Å². The molecule has 3 rings (SSSR count). The van der Waals surface area contributed by atoms with Crippen molar-refractivity contribution in [1.82, 2.24) is 20.0 Å². The molecule has 27 heavy (non-hydrogen) atoms. The second kappa shape index (κ2) is 8.25. The Bertz CT molecular complexity index is 698. The van der Waals surface area contributed by atoms with Crippen molar-refractivity contribution in [2.45, 2.75) is 31.2 Å². The number of nitrogens with one attached hydrogen (secondary N) is 1. The molecule has 0 saturated carbocycles. The Morgan fingerprint density at radius 1 is 1.19 bits per heavy atom. The van der Waals surface area contributed by atoms with Gasteiger partial charge in [0, 0.05) is 51.7 Å². The normalized spacial score (nSPS) is 24.2. The lowest BCUT2D eigenvalue weighted by atomic mass is 9.86. The maximum absolute atomic E-state index is 13.7. The summed E-state index contributed by atoms with van der Waals surface area (Å²) in [7, 11) is 3.93. The molecule has 0 unspecified atom stereocenters. The van der Waals surface area contributed by atoms with Crippen molar-refractivity contribution < 1.29 is 14.0 Å². The number of rotatable bonds is 3. The number of carbonyl (C=O) groups is 2. The van der Waals surface area contributed by atoms with Crippen molar-refractivity contribution in [3.05, 3.63) is 35.6 Å². The summed E-state index contributed by atoms with van der Waals surface area (Å²) in [5, 5.41) is 2.92. The van der Waals surface area contributed by atoms with E-state index in [1.807, 2.05) is 11.9 Å². The van der Waals surface area contributed by atoms with Gasteiger partial charge in [0.15, 0.2) is 0 Å². The number of halogens is 1. The van der Waals surface area contributed by atoms with E-state index in [9.17, 15) is 14.0 Å². The van der Waals surface area contributed by atoms with Crippen LogP contribution in [-0.4, -0.2) is 79.0 Å². The summed E-state index contributed by atoms with van der Waals surface area (Å²) in [4.78, 5) is 30.6. The number of piperazine rings is 1. The van der Waals surface area contributed by atoms with Gasteiger partial charge in [0.25, 0.3) is 0 Å². The van der Waals surface area contributed by atoms with Crippen LogP contribution in [0.2, 0.25) is 0 Å². The third-order valence-electron chi connectivity index (χ3n) is 6.06. The molecule has 0 aromatic heterocycles. The van der Waals surface area contributed by atoms with Crippen LogP contribution < -0.4 is 5.32 Å². The minimum Gasteiger partial charge on any atom is -0.346 e. The summed E-state index contributed by atoms with van der Waals surface area (Å²) in [6.07, 6.45) is 2.62. The van der Waals surface area contributed by atoms with E-state index in [4.69, 9.17) is 0 Å². The first-order chi connectivity index (χ1) is 12.9. The van der Waals surface area contributed by atoms with Gasteiger partial charge in [-0.2, -0.15) is 0 Å². The van der Waals surface area contributed by atoms with Gasteiger partial charge >= 0.3 is 6.03 Å². The predicted octanol–water partition coefficient (Wildman–Crippen LogP) is 1.71. The Labute approximate surface area is 160 Å². The Morgan fingerprint density at radius 3 is 2.74 bits per heavy atom. The van der Waals surface area contributed by atoms with Gasteiger partial charge in [-0.3, -0.25) is 9.69 Å². The molecule has 0 radical (unpaired) electrons. The van der Waals surface area contributed by atoms with E-state index >= 15 is 0 Å². The fourth-order valence-electron chi connectivity index (χ4n) is 4.05. The first-order valence-corrected chi connectivity index (χ1v) is 9.63. The first kappa shape index (κ1) is 19.6. The maximum Gasteiger partial charge on any atom is 0.317 e. The monoisotopic (exact) mass is 376 g/mol. The third kappa shape index (κ3) is 4.40. The Morgan fingerprint density at radius 2 is 1.96 bits per heavy atom. The SMILES string of the molecule is CN1CC[C@]2(CCC1=O)CN(C(=O)NCCc1ccccc1F)CCN2C. The molecule has 1 aromatic carbocycles. The van der Waals surface area contributed by atoms with Crippen molar-refractivity contribution in [1.29, 1.82) is 0 Å². The highest BCUT2D eigenvalue weighted by Crippen LogP contribution is 2.31. The molecular weight excluding hydrogens is 347 g/mol. The number of likely N-dealkylation sites (N-methyl/N-ethyl adjacent to an activating group) is 1. The largest absolute Gasteiger partial charge is 0.346 e. The lowest BCUT2D eigenvalue weighted by molar-refractivity contribution is -0.129. The second-order valence-electron chi connectivity index (χ2n) is 7.71. The summed E-state index contributed by atoms with van der Waals surface area (Å²) in [5.41, 5.74) is 0.458. The van der Waals surface area contributed by atoms with Crippen LogP contribution in [0, 0.1) is 5.82 Å². The standard InChI is InChI=1S/C20H29FN4O2/c1-23-12-10-20(9-7-18(23)26)15-25(14-13-24(20)2)19(27)22-11-8-16-5-3-4-6-17(16)21/h3-6H,7-15H2,1-2H3,(H,22,27)/t20-/m1/s1. The number of hydrogen-bond donors (Lipinski definition) is 1. The average Bonchev–Trinajstić information content (AvgIpc) is 2.80. The first-order valence-electron chi connectivity index (χ1n) is 9.63. The van der Waals surface area contributed by atoms with Gasteiger partial charge in [0.05, 0.1) is 0 Å². The molecule has 2 fully saturated rings. The topological polar surface area (TPSA) is 55.9 Å². The number of likely N-dealkylation sites (tertiary alicyclic amines) is 1. The number of urea groups is 1. The molecule has 2 saturated heterocycles. The summed E-state index contributed by atoms with van der Waals surface area (Å²) < 4.78 is 13.7. The van der Waals surface area contributed by atoms with E-state index in [0.29, 0.717) is 44.6 Å². The van der Waals surface area contributed by atoms with Gasteiger partial charge in [0.1, 0.15) is 5.82 Å². The highest BCUT2D eigenvalue weighted by Gasteiger charge is 2.42. The molecule has 2 aliphatic heterocycles. The van der Waals surface area contributed by atoms with Crippen LogP contribution >= 0.6 is 0 Å². The predicted molar refractivity (Wildman–Crippen MR) is 102 cm³/mol. The number of benzene rings is 1. The van der Waals surface area contributed by atoms with Crippen LogP contribution in [0.1, 0.15) is 24.8 Å². The highest BCUT2D eigenvalue weighted by molar-refractivity contribution is 5.76. The molecule has 0 bridgehead atoms. The molecular formula is C20H29FN4O2. The summed E-state index contributed by atoms with van der Waals surface area (Å²) >= 11 is 0. The molecule has 6 nitrogen and oxygen atoms in total. The Kier molecular flexibility index (Phi) is 5.99. The van der Waals surface area contributed by atoms with E-state index < -0.39 is 0 Å². The molecule has 148 valence electrons. The molecule has 1 spiro atoms. The van der Waals surface area contributed by atoms with Gasteiger partial charge in [-0.1, -0.05) is 18.2 Å².